The van der Waals surface area contributed by atoms with Gasteiger partial charge in [0.1, 0.15) is 6.67 Å². The van der Waals surface area contributed by atoms with Crippen LogP contribution in [0.15, 0.2) is 0 Å². The van der Waals surface area contributed by atoms with Crippen LogP contribution < -0.4 is 5.73 Å². The minimum Gasteiger partial charge on any atom is -0.390 e. The van der Waals surface area contributed by atoms with Crippen LogP contribution in [0.2, 0.25) is 0 Å². The highest BCUT2D eigenvalue weighted by Gasteiger charge is 2.04. The van der Waals surface area contributed by atoms with Crippen molar-refractivity contribution in [3.05, 3.63) is 0 Å². The summed E-state index contributed by atoms with van der Waals surface area (Å²) in [5.41, 5.74) is 5.24. The Bertz CT molecular complexity index is 58.4. The maximum absolute atomic E-state index is 11.4. The van der Waals surface area contributed by atoms with Gasteiger partial charge in [0.2, 0.25) is 0 Å². The third-order valence-corrected chi connectivity index (χ3v) is 0.822. The summed E-state index contributed by atoms with van der Waals surface area (Å²) in [5.74, 6) is 0. The molecule has 0 aliphatic heterocycles. The van der Waals surface area contributed by atoms with Crippen molar-refractivity contribution in [2.24, 2.45) is 5.73 Å². The summed E-state index contributed by atoms with van der Waals surface area (Å²) in [4.78, 5) is 0. The standard InChI is InChI=1S/C5H12FNO/c1-4(7)2-5(8)3-6/h4-5,8H,2-3,7H2,1H3. The first-order valence-electron chi connectivity index (χ1n) is 2.66. The average molecular weight is 121 g/mol. The lowest BCUT2D eigenvalue weighted by Crippen LogP contribution is -2.23. The van der Waals surface area contributed by atoms with E-state index in [4.69, 9.17) is 10.8 Å². The van der Waals surface area contributed by atoms with Crippen molar-refractivity contribution in [3.63, 3.8) is 0 Å². The Hall–Kier alpha value is -0.150. The molecule has 0 aliphatic carbocycles. The Morgan fingerprint density at radius 3 is 2.38 bits per heavy atom. The summed E-state index contributed by atoms with van der Waals surface area (Å²) < 4.78 is 11.4. The molecule has 0 heterocycles. The molecule has 0 bridgehead atoms. The predicted molar refractivity (Wildman–Crippen MR) is 30.2 cm³/mol. The zero-order valence-corrected chi connectivity index (χ0v) is 4.97. The van der Waals surface area contributed by atoms with Crippen molar-refractivity contribution in [1.29, 1.82) is 0 Å². The summed E-state index contributed by atoms with van der Waals surface area (Å²) in [6.45, 7) is 1.04. The van der Waals surface area contributed by atoms with E-state index >= 15 is 0 Å². The van der Waals surface area contributed by atoms with Gasteiger partial charge in [0.15, 0.2) is 0 Å². The zero-order chi connectivity index (χ0) is 6.57. The van der Waals surface area contributed by atoms with Crippen LogP contribution in [-0.4, -0.2) is 23.9 Å². The molecule has 3 N–H and O–H groups in total. The van der Waals surface area contributed by atoms with Gasteiger partial charge in [-0.3, -0.25) is 0 Å². The topological polar surface area (TPSA) is 46.2 Å². The third-order valence-electron chi connectivity index (χ3n) is 0.822. The molecule has 0 aromatic carbocycles. The fourth-order valence-corrected chi connectivity index (χ4v) is 0.492. The number of rotatable bonds is 3. The lowest BCUT2D eigenvalue weighted by atomic mass is 10.2. The van der Waals surface area contributed by atoms with E-state index in [-0.39, 0.29) is 6.04 Å². The Labute approximate surface area is 48.5 Å². The quantitative estimate of drug-likeness (QED) is 0.554. The van der Waals surface area contributed by atoms with E-state index in [1.165, 1.54) is 0 Å². The first-order valence-corrected chi connectivity index (χ1v) is 2.66. The molecule has 0 aromatic heterocycles. The summed E-state index contributed by atoms with van der Waals surface area (Å²) in [6.07, 6.45) is -0.522. The number of alkyl halides is 1. The van der Waals surface area contributed by atoms with Crippen LogP contribution in [0.3, 0.4) is 0 Å². The summed E-state index contributed by atoms with van der Waals surface area (Å²) in [6, 6.07) is -0.110. The van der Waals surface area contributed by atoms with Crippen molar-refractivity contribution in [3.8, 4) is 0 Å². The summed E-state index contributed by atoms with van der Waals surface area (Å²) in [7, 11) is 0. The molecule has 2 unspecified atom stereocenters. The van der Waals surface area contributed by atoms with Gasteiger partial charge in [-0.2, -0.15) is 0 Å². The lowest BCUT2D eigenvalue weighted by Gasteiger charge is -2.07. The molecular weight excluding hydrogens is 109 g/mol. The molecule has 0 saturated heterocycles. The molecule has 2 nitrogen and oxygen atoms in total. The maximum atomic E-state index is 11.4. The number of aliphatic hydroxyl groups is 1. The second-order valence-corrected chi connectivity index (χ2v) is 2.02. The fourth-order valence-electron chi connectivity index (χ4n) is 0.492. The van der Waals surface area contributed by atoms with Crippen LogP contribution >= 0.6 is 0 Å². The highest BCUT2D eigenvalue weighted by molar-refractivity contribution is 4.60. The van der Waals surface area contributed by atoms with E-state index in [9.17, 15) is 4.39 Å². The van der Waals surface area contributed by atoms with Crippen LogP contribution in [0.5, 0.6) is 0 Å². The minimum atomic E-state index is -0.866. The molecule has 0 aliphatic rings. The van der Waals surface area contributed by atoms with Gasteiger partial charge in [-0.15, -0.1) is 0 Å². The van der Waals surface area contributed by atoms with Gasteiger partial charge in [0.05, 0.1) is 6.10 Å². The first kappa shape index (κ1) is 7.85. The van der Waals surface area contributed by atoms with Gasteiger partial charge in [-0.1, -0.05) is 0 Å². The first-order chi connectivity index (χ1) is 3.66. The Morgan fingerprint density at radius 2 is 2.25 bits per heavy atom. The summed E-state index contributed by atoms with van der Waals surface area (Å²) in [5, 5.41) is 8.57. The predicted octanol–water partition coefficient (Wildman–Crippen LogP) is 0.0541. The minimum absolute atomic E-state index is 0.110. The van der Waals surface area contributed by atoms with Crippen molar-refractivity contribution in [2.75, 3.05) is 6.67 Å². The Morgan fingerprint density at radius 1 is 1.75 bits per heavy atom. The molecule has 50 valence electrons. The van der Waals surface area contributed by atoms with Crippen LogP contribution in [0.1, 0.15) is 13.3 Å². The van der Waals surface area contributed by atoms with E-state index in [0.717, 1.165) is 0 Å². The van der Waals surface area contributed by atoms with Crippen LogP contribution in [-0.2, 0) is 0 Å². The number of hydrogen-bond acceptors (Lipinski definition) is 2. The smallest absolute Gasteiger partial charge is 0.115 e. The Balaban J connectivity index is 3.10. The molecule has 8 heavy (non-hydrogen) atoms. The van der Waals surface area contributed by atoms with Gasteiger partial charge in [0, 0.05) is 6.04 Å². The van der Waals surface area contributed by atoms with Crippen molar-refractivity contribution in [2.45, 2.75) is 25.5 Å². The van der Waals surface area contributed by atoms with Gasteiger partial charge in [-0.25, -0.2) is 4.39 Å². The number of nitrogens with two attached hydrogens (primary N) is 1. The van der Waals surface area contributed by atoms with Crippen LogP contribution in [0.4, 0.5) is 4.39 Å². The van der Waals surface area contributed by atoms with Gasteiger partial charge >= 0.3 is 0 Å². The van der Waals surface area contributed by atoms with Crippen molar-refractivity contribution < 1.29 is 9.50 Å². The number of halogens is 1. The highest BCUT2D eigenvalue weighted by atomic mass is 19.1. The number of aliphatic hydroxyl groups excluding tert-OH is 1. The third kappa shape index (κ3) is 4.02. The van der Waals surface area contributed by atoms with E-state index in [1.54, 1.807) is 6.92 Å². The van der Waals surface area contributed by atoms with Gasteiger partial charge in [-0.05, 0) is 13.3 Å². The summed E-state index contributed by atoms with van der Waals surface area (Å²) >= 11 is 0. The normalized spacial score (nSPS) is 18.0. The molecular formula is C5H12FNO. The maximum Gasteiger partial charge on any atom is 0.115 e. The molecule has 3 heteroatoms. The molecule has 0 aromatic rings. The average Bonchev–Trinajstić information content (AvgIpc) is 1.65. The second kappa shape index (κ2) is 3.80. The van der Waals surface area contributed by atoms with E-state index in [2.05, 4.69) is 0 Å². The number of hydrogen-bond donors (Lipinski definition) is 2. The molecule has 0 saturated carbocycles. The molecule has 0 spiro atoms. The second-order valence-electron chi connectivity index (χ2n) is 2.02. The van der Waals surface area contributed by atoms with E-state index in [0.29, 0.717) is 6.42 Å². The van der Waals surface area contributed by atoms with E-state index < -0.39 is 12.8 Å². The highest BCUT2D eigenvalue weighted by Crippen LogP contribution is 1.94. The molecule has 2 atom stereocenters. The van der Waals surface area contributed by atoms with Gasteiger partial charge in [0.25, 0.3) is 0 Å². The van der Waals surface area contributed by atoms with Gasteiger partial charge < -0.3 is 10.8 Å². The Kier molecular flexibility index (Phi) is 3.73. The van der Waals surface area contributed by atoms with Crippen LogP contribution in [0.25, 0.3) is 0 Å². The molecule has 0 fully saturated rings. The fraction of sp³-hybridized carbons (Fsp3) is 1.00. The monoisotopic (exact) mass is 121 g/mol. The van der Waals surface area contributed by atoms with Crippen molar-refractivity contribution in [1.82, 2.24) is 0 Å². The van der Waals surface area contributed by atoms with Crippen LogP contribution in [0, 0.1) is 0 Å². The van der Waals surface area contributed by atoms with E-state index in [1.807, 2.05) is 0 Å². The molecule has 0 rings (SSSR count). The lowest BCUT2D eigenvalue weighted by molar-refractivity contribution is 0.125. The SMILES string of the molecule is CC(N)CC(O)CF. The molecule has 0 amide bonds. The molecule has 0 radical (unpaired) electrons. The largest absolute Gasteiger partial charge is 0.390 e. The zero-order valence-electron chi connectivity index (χ0n) is 4.97. The van der Waals surface area contributed by atoms with Crippen molar-refractivity contribution >= 4 is 0 Å².